The lowest BCUT2D eigenvalue weighted by molar-refractivity contribution is -0.121. The molecule has 0 aromatic heterocycles. The summed E-state index contributed by atoms with van der Waals surface area (Å²) in [5.41, 5.74) is 0.849. The molecule has 1 rings (SSSR count). The number of nitrogens with one attached hydrogen (secondary N) is 1. The van der Waals surface area contributed by atoms with Crippen LogP contribution in [0.1, 0.15) is 25.5 Å². The highest BCUT2D eigenvalue weighted by Gasteiger charge is 2.13. The first-order valence-electron chi connectivity index (χ1n) is 4.70. The maximum absolute atomic E-state index is 12.6. The molecule has 0 radical (unpaired) electrons. The third-order valence-corrected chi connectivity index (χ3v) is 2.29. The zero-order valence-corrected chi connectivity index (χ0v) is 9.38. The van der Waals surface area contributed by atoms with E-state index in [4.69, 9.17) is 11.6 Å². The van der Waals surface area contributed by atoms with E-state index in [0.29, 0.717) is 0 Å². The van der Waals surface area contributed by atoms with Crippen LogP contribution in [-0.2, 0) is 4.79 Å². The number of carbonyl (C=O) groups excluding carboxylic acids is 1. The summed E-state index contributed by atoms with van der Waals surface area (Å²) in [7, 11) is 0. The zero-order chi connectivity index (χ0) is 11.4. The first-order chi connectivity index (χ1) is 7.00. The van der Waals surface area contributed by atoms with Crippen molar-refractivity contribution in [3.05, 3.63) is 35.6 Å². The van der Waals surface area contributed by atoms with Gasteiger partial charge in [0.25, 0.3) is 0 Å². The number of hydrogen-bond acceptors (Lipinski definition) is 1. The quantitative estimate of drug-likeness (QED) is 0.794. The molecule has 0 saturated carbocycles. The van der Waals surface area contributed by atoms with Crippen molar-refractivity contribution in [2.75, 3.05) is 0 Å². The summed E-state index contributed by atoms with van der Waals surface area (Å²) in [5.74, 6) is -0.517. The monoisotopic (exact) mass is 229 g/mol. The van der Waals surface area contributed by atoms with Crippen molar-refractivity contribution < 1.29 is 9.18 Å². The van der Waals surface area contributed by atoms with Crippen LogP contribution in [0.25, 0.3) is 0 Å². The number of benzene rings is 1. The van der Waals surface area contributed by atoms with Gasteiger partial charge in [-0.2, -0.15) is 0 Å². The zero-order valence-electron chi connectivity index (χ0n) is 8.63. The summed E-state index contributed by atoms with van der Waals surface area (Å²) in [4.78, 5) is 11.3. The van der Waals surface area contributed by atoms with Gasteiger partial charge in [0, 0.05) is 0 Å². The molecule has 15 heavy (non-hydrogen) atoms. The second-order valence-corrected chi connectivity index (χ2v) is 4.05. The van der Waals surface area contributed by atoms with Gasteiger partial charge in [-0.15, -0.1) is 11.6 Å². The van der Waals surface area contributed by atoms with Gasteiger partial charge in [0.05, 0.1) is 6.04 Å². The largest absolute Gasteiger partial charge is 0.348 e. The molecule has 0 heterocycles. The Labute approximate surface area is 93.4 Å². The Balaban J connectivity index is 2.65. The highest BCUT2D eigenvalue weighted by molar-refractivity contribution is 6.30. The predicted molar refractivity (Wildman–Crippen MR) is 58.3 cm³/mol. The molecular weight excluding hydrogens is 217 g/mol. The van der Waals surface area contributed by atoms with E-state index in [1.807, 2.05) is 6.92 Å². The highest BCUT2D eigenvalue weighted by Crippen LogP contribution is 2.13. The molecule has 1 N–H and O–H groups in total. The molecule has 2 atom stereocenters. The Morgan fingerprint density at radius 1 is 1.33 bits per heavy atom. The molecule has 1 aromatic carbocycles. The van der Waals surface area contributed by atoms with E-state index in [-0.39, 0.29) is 17.8 Å². The normalized spacial score (nSPS) is 14.4. The molecule has 1 amide bonds. The van der Waals surface area contributed by atoms with Crippen molar-refractivity contribution in [1.29, 1.82) is 0 Å². The van der Waals surface area contributed by atoms with Crippen molar-refractivity contribution >= 4 is 17.5 Å². The SMILES string of the molecule is CC(Cl)C(=O)N[C@H](C)c1ccc(F)cc1. The first-order valence-corrected chi connectivity index (χ1v) is 5.14. The van der Waals surface area contributed by atoms with E-state index < -0.39 is 5.38 Å². The van der Waals surface area contributed by atoms with Gasteiger partial charge < -0.3 is 5.32 Å². The van der Waals surface area contributed by atoms with Crippen LogP contribution in [0.5, 0.6) is 0 Å². The lowest BCUT2D eigenvalue weighted by atomic mass is 10.1. The minimum Gasteiger partial charge on any atom is -0.348 e. The standard InChI is InChI=1S/C11H13ClFNO/c1-7(12)11(15)14-8(2)9-3-5-10(13)6-4-9/h3-8H,1-2H3,(H,14,15)/t7?,8-/m1/s1. The van der Waals surface area contributed by atoms with Gasteiger partial charge in [-0.25, -0.2) is 4.39 Å². The molecule has 0 fully saturated rings. The molecule has 1 unspecified atom stereocenters. The maximum atomic E-state index is 12.6. The lowest BCUT2D eigenvalue weighted by Crippen LogP contribution is -2.31. The Kier molecular flexibility index (Phi) is 4.09. The Morgan fingerprint density at radius 2 is 1.87 bits per heavy atom. The number of rotatable bonds is 3. The van der Waals surface area contributed by atoms with Crippen LogP contribution >= 0.6 is 11.6 Å². The smallest absolute Gasteiger partial charge is 0.238 e. The fraction of sp³-hybridized carbons (Fsp3) is 0.364. The fourth-order valence-corrected chi connectivity index (χ4v) is 1.23. The average molecular weight is 230 g/mol. The van der Waals surface area contributed by atoms with E-state index in [9.17, 15) is 9.18 Å². The van der Waals surface area contributed by atoms with Crippen LogP contribution in [0.4, 0.5) is 4.39 Å². The molecule has 0 spiro atoms. The van der Waals surface area contributed by atoms with E-state index >= 15 is 0 Å². The van der Waals surface area contributed by atoms with Gasteiger partial charge in [0.1, 0.15) is 11.2 Å². The number of carbonyl (C=O) groups is 1. The van der Waals surface area contributed by atoms with Crippen LogP contribution in [0.3, 0.4) is 0 Å². The van der Waals surface area contributed by atoms with E-state index in [1.54, 1.807) is 19.1 Å². The predicted octanol–water partition coefficient (Wildman–Crippen LogP) is 2.63. The van der Waals surface area contributed by atoms with Crippen LogP contribution in [-0.4, -0.2) is 11.3 Å². The van der Waals surface area contributed by atoms with Crippen molar-refractivity contribution in [1.82, 2.24) is 5.32 Å². The molecule has 1 aromatic rings. The van der Waals surface area contributed by atoms with Gasteiger partial charge in [0.15, 0.2) is 0 Å². The van der Waals surface area contributed by atoms with Crippen molar-refractivity contribution in [2.45, 2.75) is 25.3 Å². The minimum absolute atomic E-state index is 0.167. The van der Waals surface area contributed by atoms with Gasteiger partial charge in [-0.05, 0) is 31.5 Å². The summed E-state index contributed by atoms with van der Waals surface area (Å²) >= 11 is 5.61. The van der Waals surface area contributed by atoms with Crippen molar-refractivity contribution in [2.24, 2.45) is 0 Å². The Hall–Kier alpha value is -1.09. The fourth-order valence-electron chi connectivity index (χ4n) is 1.16. The number of amides is 1. The topological polar surface area (TPSA) is 29.1 Å². The third kappa shape index (κ3) is 3.51. The molecule has 2 nitrogen and oxygen atoms in total. The molecule has 0 aliphatic carbocycles. The third-order valence-electron chi connectivity index (χ3n) is 2.09. The molecule has 0 bridgehead atoms. The Morgan fingerprint density at radius 3 is 2.33 bits per heavy atom. The summed E-state index contributed by atoms with van der Waals surface area (Å²) in [6, 6.07) is 5.84. The number of halogens is 2. The van der Waals surface area contributed by atoms with Crippen LogP contribution in [0.15, 0.2) is 24.3 Å². The molecule has 0 saturated heterocycles. The number of hydrogen-bond donors (Lipinski definition) is 1. The van der Waals surface area contributed by atoms with Gasteiger partial charge in [-0.1, -0.05) is 12.1 Å². The van der Waals surface area contributed by atoms with E-state index in [1.165, 1.54) is 12.1 Å². The molecule has 82 valence electrons. The van der Waals surface area contributed by atoms with Crippen LogP contribution < -0.4 is 5.32 Å². The highest BCUT2D eigenvalue weighted by atomic mass is 35.5. The second-order valence-electron chi connectivity index (χ2n) is 3.40. The van der Waals surface area contributed by atoms with Gasteiger partial charge in [-0.3, -0.25) is 4.79 Å². The van der Waals surface area contributed by atoms with Crippen LogP contribution in [0, 0.1) is 5.82 Å². The van der Waals surface area contributed by atoms with Crippen molar-refractivity contribution in [3.63, 3.8) is 0 Å². The maximum Gasteiger partial charge on any atom is 0.238 e. The minimum atomic E-state index is -0.562. The van der Waals surface area contributed by atoms with E-state index in [2.05, 4.69) is 5.32 Å². The molecule has 0 aliphatic heterocycles. The summed E-state index contributed by atoms with van der Waals surface area (Å²) in [5, 5.41) is 2.16. The summed E-state index contributed by atoms with van der Waals surface area (Å²) in [6.45, 7) is 3.43. The molecule has 0 aliphatic rings. The summed E-state index contributed by atoms with van der Waals surface area (Å²) in [6.07, 6.45) is 0. The van der Waals surface area contributed by atoms with Gasteiger partial charge >= 0.3 is 0 Å². The molecule has 4 heteroatoms. The average Bonchev–Trinajstić information content (AvgIpc) is 2.18. The molecular formula is C11H13ClFNO. The van der Waals surface area contributed by atoms with E-state index in [0.717, 1.165) is 5.56 Å². The van der Waals surface area contributed by atoms with Crippen LogP contribution in [0.2, 0.25) is 0 Å². The summed E-state index contributed by atoms with van der Waals surface area (Å²) < 4.78 is 12.6. The number of alkyl halides is 1. The second kappa shape index (κ2) is 5.12. The lowest BCUT2D eigenvalue weighted by Gasteiger charge is -2.15. The first kappa shape index (κ1) is 12.0. The Bertz CT molecular complexity index is 337. The van der Waals surface area contributed by atoms with Crippen molar-refractivity contribution in [3.8, 4) is 0 Å². The van der Waals surface area contributed by atoms with Gasteiger partial charge in [0.2, 0.25) is 5.91 Å².